The fourth-order valence-electron chi connectivity index (χ4n) is 1.98. The largest absolute Gasteiger partial charge is 0.378 e. The molecule has 0 atom stereocenters. The number of amides is 2. The van der Waals surface area contributed by atoms with Gasteiger partial charge in [0.25, 0.3) is 11.8 Å². The van der Waals surface area contributed by atoms with E-state index in [9.17, 15) is 9.59 Å². The molecule has 0 aliphatic rings. The van der Waals surface area contributed by atoms with Crippen molar-refractivity contribution >= 4 is 23.2 Å². The third kappa shape index (κ3) is 3.63. The van der Waals surface area contributed by atoms with E-state index in [1.807, 2.05) is 37.2 Å². The van der Waals surface area contributed by atoms with Crippen LogP contribution in [0.3, 0.4) is 0 Å². The van der Waals surface area contributed by atoms with Crippen molar-refractivity contribution in [3.8, 4) is 0 Å². The molecule has 0 saturated carbocycles. The Morgan fingerprint density at radius 3 is 2.18 bits per heavy atom. The van der Waals surface area contributed by atoms with Crippen LogP contribution in [0.2, 0.25) is 0 Å². The second-order valence-electron chi connectivity index (χ2n) is 5.06. The first-order valence-electron chi connectivity index (χ1n) is 6.92. The van der Waals surface area contributed by atoms with E-state index in [1.54, 1.807) is 37.4 Å². The highest BCUT2D eigenvalue weighted by atomic mass is 16.2. The molecule has 0 aromatic heterocycles. The van der Waals surface area contributed by atoms with Gasteiger partial charge in [-0.15, -0.1) is 0 Å². The fourth-order valence-corrected chi connectivity index (χ4v) is 1.98. The molecule has 5 heteroatoms. The lowest BCUT2D eigenvalue weighted by atomic mass is 10.1. The van der Waals surface area contributed by atoms with Crippen molar-refractivity contribution in [3.05, 3.63) is 59.7 Å². The van der Waals surface area contributed by atoms with Crippen LogP contribution in [0.25, 0.3) is 0 Å². The summed E-state index contributed by atoms with van der Waals surface area (Å²) >= 11 is 0. The van der Waals surface area contributed by atoms with Crippen LogP contribution in [0.5, 0.6) is 0 Å². The Morgan fingerprint density at radius 1 is 0.909 bits per heavy atom. The number of anilines is 2. The van der Waals surface area contributed by atoms with E-state index in [4.69, 9.17) is 0 Å². The molecule has 0 unspecified atom stereocenters. The number of benzene rings is 2. The van der Waals surface area contributed by atoms with E-state index < -0.39 is 0 Å². The second-order valence-corrected chi connectivity index (χ2v) is 5.06. The molecule has 114 valence electrons. The molecule has 2 rings (SSSR count). The van der Waals surface area contributed by atoms with Gasteiger partial charge in [-0.05, 0) is 42.5 Å². The minimum atomic E-state index is -0.184. The molecule has 22 heavy (non-hydrogen) atoms. The van der Waals surface area contributed by atoms with Gasteiger partial charge in [-0.25, -0.2) is 0 Å². The molecule has 2 aromatic carbocycles. The van der Waals surface area contributed by atoms with Gasteiger partial charge in [0, 0.05) is 43.6 Å². The maximum atomic E-state index is 12.3. The van der Waals surface area contributed by atoms with E-state index in [1.165, 1.54) is 0 Å². The Hall–Kier alpha value is -2.82. The molecule has 0 heterocycles. The first-order chi connectivity index (χ1) is 10.5. The van der Waals surface area contributed by atoms with Gasteiger partial charge in [0.05, 0.1) is 0 Å². The minimum Gasteiger partial charge on any atom is -0.378 e. The van der Waals surface area contributed by atoms with Crippen molar-refractivity contribution in [1.29, 1.82) is 0 Å². The Bertz CT molecular complexity index is 679. The standard InChI is InChI=1S/C17H19N3O2/c1-18-16(21)12-7-9-14(10-8-12)19-17(22)13-5-4-6-15(11-13)20(2)3/h4-11H,1-3H3,(H,18,21)(H,19,22). The van der Waals surface area contributed by atoms with Crippen molar-refractivity contribution < 1.29 is 9.59 Å². The normalized spacial score (nSPS) is 9.95. The van der Waals surface area contributed by atoms with Crippen LogP contribution in [0.15, 0.2) is 48.5 Å². The topological polar surface area (TPSA) is 61.4 Å². The molecule has 2 N–H and O–H groups in total. The van der Waals surface area contributed by atoms with Gasteiger partial charge in [-0.2, -0.15) is 0 Å². The lowest BCUT2D eigenvalue weighted by molar-refractivity contribution is 0.0962. The highest BCUT2D eigenvalue weighted by Gasteiger charge is 2.08. The van der Waals surface area contributed by atoms with Crippen LogP contribution in [0.4, 0.5) is 11.4 Å². The number of carbonyl (C=O) groups is 2. The number of rotatable bonds is 4. The molecule has 5 nitrogen and oxygen atoms in total. The molecule has 2 aromatic rings. The van der Waals surface area contributed by atoms with Crippen molar-refractivity contribution in [3.63, 3.8) is 0 Å². The van der Waals surface area contributed by atoms with Crippen LogP contribution >= 0.6 is 0 Å². The van der Waals surface area contributed by atoms with Crippen LogP contribution in [-0.2, 0) is 0 Å². The first kappa shape index (κ1) is 15.6. The molecule has 2 amide bonds. The van der Waals surface area contributed by atoms with Crippen LogP contribution in [0, 0.1) is 0 Å². The minimum absolute atomic E-state index is 0.156. The van der Waals surface area contributed by atoms with Crippen molar-refractivity contribution in [1.82, 2.24) is 5.32 Å². The SMILES string of the molecule is CNC(=O)c1ccc(NC(=O)c2cccc(N(C)C)c2)cc1. The summed E-state index contributed by atoms with van der Waals surface area (Å²) in [4.78, 5) is 25.7. The van der Waals surface area contributed by atoms with Crippen LogP contribution in [0.1, 0.15) is 20.7 Å². The zero-order chi connectivity index (χ0) is 16.1. The molecule has 0 fully saturated rings. The Labute approximate surface area is 129 Å². The van der Waals surface area contributed by atoms with Gasteiger partial charge in [-0.3, -0.25) is 9.59 Å². The van der Waals surface area contributed by atoms with Gasteiger partial charge in [0.1, 0.15) is 0 Å². The Balaban J connectivity index is 2.12. The van der Waals surface area contributed by atoms with Gasteiger partial charge in [0.2, 0.25) is 0 Å². The average Bonchev–Trinajstić information content (AvgIpc) is 2.54. The quantitative estimate of drug-likeness (QED) is 0.910. The summed E-state index contributed by atoms with van der Waals surface area (Å²) in [7, 11) is 5.43. The predicted octanol–water partition coefficient (Wildman–Crippen LogP) is 2.36. The summed E-state index contributed by atoms with van der Waals surface area (Å²) in [5.41, 5.74) is 2.74. The molecule has 0 radical (unpaired) electrons. The van der Waals surface area contributed by atoms with E-state index in [0.717, 1.165) is 5.69 Å². The van der Waals surface area contributed by atoms with E-state index >= 15 is 0 Å². The fraction of sp³-hybridized carbons (Fsp3) is 0.176. The molecule has 0 aliphatic carbocycles. The number of carbonyl (C=O) groups excluding carboxylic acids is 2. The summed E-state index contributed by atoms with van der Waals surface area (Å²) in [6.45, 7) is 0. The Morgan fingerprint density at radius 2 is 1.59 bits per heavy atom. The lowest BCUT2D eigenvalue weighted by Crippen LogP contribution is -2.18. The highest BCUT2D eigenvalue weighted by molar-refractivity contribution is 6.05. The van der Waals surface area contributed by atoms with Crippen LogP contribution < -0.4 is 15.5 Å². The van der Waals surface area contributed by atoms with Gasteiger partial charge < -0.3 is 15.5 Å². The molecular weight excluding hydrogens is 278 g/mol. The monoisotopic (exact) mass is 297 g/mol. The summed E-state index contributed by atoms with van der Waals surface area (Å²) in [6, 6.07) is 14.1. The molecule has 0 bridgehead atoms. The van der Waals surface area contributed by atoms with Gasteiger partial charge in [0.15, 0.2) is 0 Å². The predicted molar refractivity (Wildman–Crippen MR) is 88.6 cm³/mol. The Kier molecular flexibility index (Phi) is 4.78. The van der Waals surface area contributed by atoms with Crippen molar-refractivity contribution in [2.75, 3.05) is 31.4 Å². The van der Waals surface area contributed by atoms with E-state index in [2.05, 4.69) is 10.6 Å². The number of nitrogens with zero attached hydrogens (tertiary/aromatic N) is 1. The molecule has 0 spiro atoms. The van der Waals surface area contributed by atoms with Gasteiger partial charge in [-0.1, -0.05) is 6.07 Å². The van der Waals surface area contributed by atoms with Crippen molar-refractivity contribution in [2.45, 2.75) is 0 Å². The average molecular weight is 297 g/mol. The third-order valence-electron chi connectivity index (χ3n) is 3.26. The molecule has 0 saturated heterocycles. The summed E-state index contributed by atoms with van der Waals surface area (Å²) in [6.07, 6.45) is 0. The smallest absolute Gasteiger partial charge is 0.255 e. The third-order valence-corrected chi connectivity index (χ3v) is 3.26. The molecule has 0 aliphatic heterocycles. The maximum Gasteiger partial charge on any atom is 0.255 e. The summed E-state index contributed by atoms with van der Waals surface area (Å²) < 4.78 is 0. The first-order valence-corrected chi connectivity index (χ1v) is 6.92. The van der Waals surface area contributed by atoms with Gasteiger partial charge >= 0.3 is 0 Å². The van der Waals surface area contributed by atoms with E-state index in [0.29, 0.717) is 16.8 Å². The van der Waals surface area contributed by atoms with Crippen LogP contribution in [-0.4, -0.2) is 33.0 Å². The lowest BCUT2D eigenvalue weighted by Gasteiger charge is -2.13. The number of hydrogen-bond acceptors (Lipinski definition) is 3. The van der Waals surface area contributed by atoms with E-state index in [-0.39, 0.29) is 11.8 Å². The maximum absolute atomic E-state index is 12.3. The highest BCUT2D eigenvalue weighted by Crippen LogP contribution is 2.16. The number of hydrogen-bond donors (Lipinski definition) is 2. The molecular formula is C17H19N3O2. The zero-order valence-corrected chi connectivity index (χ0v) is 12.9. The zero-order valence-electron chi connectivity index (χ0n) is 12.9. The summed E-state index contributed by atoms with van der Waals surface area (Å²) in [5.74, 6) is -0.340. The second kappa shape index (κ2) is 6.76. The number of nitrogens with one attached hydrogen (secondary N) is 2. The van der Waals surface area contributed by atoms with Crippen molar-refractivity contribution in [2.24, 2.45) is 0 Å². The summed E-state index contributed by atoms with van der Waals surface area (Å²) in [5, 5.41) is 5.37.